The van der Waals surface area contributed by atoms with Crippen molar-refractivity contribution in [1.29, 1.82) is 0 Å². The zero-order valence-corrected chi connectivity index (χ0v) is 14.5. The lowest BCUT2D eigenvalue weighted by Gasteiger charge is -2.23. The van der Waals surface area contributed by atoms with E-state index in [0.717, 1.165) is 43.8 Å². The first-order valence-electron chi connectivity index (χ1n) is 8.58. The SMILES string of the molecule is Cc1cc(C)n(CCCNC(=O)[C@@H](C)OC[C@H]2CCCCO2)n1. The Morgan fingerprint density at radius 1 is 1.52 bits per heavy atom. The van der Waals surface area contributed by atoms with Crippen molar-refractivity contribution in [3.63, 3.8) is 0 Å². The van der Waals surface area contributed by atoms with Crippen molar-refractivity contribution in [2.45, 2.75) is 65.2 Å². The Morgan fingerprint density at radius 2 is 2.35 bits per heavy atom. The molecule has 0 unspecified atom stereocenters. The lowest BCUT2D eigenvalue weighted by atomic mass is 10.1. The molecule has 1 aliphatic heterocycles. The largest absolute Gasteiger partial charge is 0.376 e. The predicted molar refractivity (Wildman–Crippen MR) is 88.3 cm³/mol. The summed E-state index contributed by atoms with van der Waals surface area (Å²) in [6.45, 7) is 8.57. The molecule has 2 heterocycles. The van der Waals surface area contributed by atoms with Crippen LogP contribution in [0, 0.1) is 13.8 Å². The minimum Gasteiger partial charge on any atom is -0.376 e. The monoisotopic (exact) mass is 323 g/mol. The number of nitrogens with zero attached hydrogens (tertiary/aromatic N) is 2. The van der Waals surface area contributed by atoms with Gasteiger partial charge in [-0.3, -0.25) is 9.48 Å². The fourth-order valence-electron chi connectivity index (χ4n) is 2.75. The molecule has 1 amide bonds. The van der Waals surface area contributed by atoms with Crippen LogP contribution in [-0.2, 0) is 20.8 Å². The molecule has 0 saturated carbocycles. The molecule has 2 rings (SSSR count). The molecule has 6 nitrogen and oxygen atoms in total. The summed E-state index contributed by atoms with van der Waals surface area (Å²) in [5, 5.41) is 7.33. The van der Waals surface area contributed by atoms with Crippen molar-refractivity contribution in [2.75, 3.05) is 19.8 Å². The molecule has 0 aliphatic carbocycles. The van der Waals surface area contributed by atoms with Gasteiger partial charge >= 0.3 is 0 Å². The van der Waals surface area contributed by atoms with E-state index < -0.39 is 6.10 Å². The van der Waals surface area contributed by atoms with Crippen LogP contribution in [0.5, 0.6) is 0 Å². The van der Waals surface area contributed by atoms with Gasteiger partial charge in [-0.2, -0.15) is 5.10 Å². The van der Waals surface area contributed by atoms with Gasteiger partial charge in [-0.25, -0.2) is 0 Å². The van der Waals surface area contributed by atoms with Crippen molar-refractivity contribution in [3.8, 4) is 0 Å². The molecule has 1 N–H and O–H groups in total. The Bertz CT molecular complexity index is 495. The van der Waals surface area contributed by atoms with Crippen LogP contribution in [0.25, 0.3) is 0 Å². The smallest absolute Gasteiger partial charge is 0.248 e. The highest BCUT2D eigenvalue weighted by molar-refractivity contribution is 5.80. The highest BCUT2D eigenvalue weighted by Crippen LogP contribution is 2.13. The molecule has 0 aromatic carbocycles. The average molecular weight is 323 g/mol. The van der Waals surface area contributed by atoms with Crippen LogP contribution in [-0.4, -0.2) is 47.7 Å². The quantitative estimate of drug-likeness (QED) is 0.743. The topological polar surface area (TPSA) is 65.4 Å². The maximum Gasteiger partial charge on any atom is 0.248 e. The van der Waals surface area contributed by atoms with Crippen molar-refractivity contribution in [3.05, 3.63) is 17.5 Å². The maximum absolute atomic E-state index is 12.0. The van der Waals surface area contributed by atoms with Crippen molar-refractivity contribution < 1.29 is 14.3 Å². The number of aryl methyl sites for hydroxylation is 3. The predicted octanol–water partition coefficient (Wildman–Crippen LogP) is 1.98. The fraction of sp³-hybridized carbons (Fsp3) is 0.765. The van der Waals surface area contributed by atoms with Gasteiger partial charge in [-0.1, -0.05) is 0 Å². The number of hydrogen-bond acceptors (Lipinski definition) is 4. The molecule has 6 heteroatoms. The number of hydrogen-bond donors (Lipinski definition) is 1. The van der Waals surface area contributed by atoms with Crippen LogP contribution >= 0.6 is 0 Å². The molecule has 1 fully saturated rings. The molecule has 1 aliphatic rings. The van der Waals surface area contributed by atoms with Crippen molar-refractivity contribution in [1.82, 2.24) is 15.1 Å². The Hall–Kier alpha value is -1.40. The van der Waals surface area contributed by atoms with E-state index in [9.17, 15) is 4.79 Å². The van der Waals surface area contributed by atoms with Gasteiger partial charge in [0.25, 0.3) is 0 Å². The van der Waals surface area contributed by atoms with Crippen LogP contribution in [0.15, 0.2) is 6.07 Å². The van der Waals surface area contributed by atoms with E-state index >= 15 is 0 Å². The van der Waals surface area contributed by atoms with E-state index in [4.69, 9.17) is 9.47 Å². The highest BCUT2D eigenvalue weighted by Gasteiger charge is 2.18. The number of carbonyl (C=O) groups excluding carboxylic acids is 1. The van der Waals surface area contributed by atoms with Gasteiger partial charge in [0.2, 0.25) is 5.91 Å². The van der Waals surface area contributed by atoms with E-state index in [1.54, 1.807) is 6.92 Å². The van der Waals surface area contributed by atoms with Gasteiger partial charge < -0.3 is 14.8 Å². The molecule has 0 spiro atoms. The Kier molecular flexibility index (Phi) is 7.05. The van der Waals surface area contributed by atoms with E-state index in [1.807, 2.05) is 18.5 Å². The zero-order chi connectivity index (χ0) is 16.7. The van der Waals surface area contributed by atoms with Gasteiger partial charge in [0.1, 0.15) is 6.10 Å². The summed E-state index contributed by atoms with van der Waals surface area (Å²) in [5.74, 6) is -0.0609. The van der Waals surface area contributed by atoms with Gasteiger partial charge in [0.15, 0.2) is 0 Å². The number of rotatable bonds is 8. The first kappa shape index (κ1) is 17.9. The Balaban J connectivity index is 1.59. The number of nitrogens with one attached hydrogen (secondary N) is 1. The first-order valence-corrected chi connectivity index (χ1v) is 8.58. The van der Waals surface area contributed by atoms with Crippen LogP contribution in [0.1, 0.15) is 44.0 Å². The highest BCUT2D eigenvalue weighted by atomic mass is 16.5. The summed E-state index contributed by atoms with van der Waals surface area (Å²) < 4.78 is 13.2. The number of amides is 1. The third-order valence-corrected chi connectivity index (χ3v) is 4.12. The zero-order valence-electron chi connectivity index (χ0n) is 14.5. The average Bonchev–Trinajstić information content (AvgIpc) is 2.87. The van der Waals surface area contributed by atoms with Gasteiger partial charge in [0.05, 0.1) is 18.4 Å². The van der Waals surface area contributed by atoms with Crippen LogP contribution in [0.2, 0.25) is 0 Å². The summed E-state index contributed by atoms with van der Waals surface area (Å²) in [6.07, 6.45) is 3.89. The van der Waals surface area contributed by atoms with Crippen LogP contribution in [0.3, 0.4) is 0 Å². The molecule has 0 radical (unpaired) electrons. The minimum atomic E-state index is -0.436. The molecule has 1 aromatic heterocycles. The van der Waals surface area contributed by atoms with Crippen LogP contribution in [0.4, 0.5) is 0 Å². The lowest BCUT2D eigenvalue weighted by molar-refractivity contribution is -0.135. The summed E-state index contributed by atoms with van der Waals surface area (Å²) in [6, 6.07) is 2.06. The Morgan fingerprint density at radius 3 is 3.00 bits per heavy atom. The van der Waals surface area contributed by atoms with E-state index in [1.165, 1.54) is 6.42 Å². The minimum absolute atomic E-state index is 0.0609. The summed E-state index contributed by atoms with van der Waals surface area (Å²) in [5.41, 5.74) is 2.18. The van der Waals surface area contributed by atoms with Gasteiger partial charge in [0, 0.05) is 25.4 Å². The molecule has 23 heavy (non-hydrogen) atoms. The van der Waals surface area contributed by atoms with Crippen molar-refractivity contribution >= 4 is 5.91 Å². The summed E-state index contributed by atoms with van der Waals surface area (Å²) in [4.78, 5) is 12.0. The molecular formula is C17H29N3O3. The van der Waals surface area contributed by atoms with E-state index in [2.05, 4.69) is 16.5 Å². The Labute approximate surface area is 138 Å². The summed E-state index contributed by atoms with van der Waals surface area (Å²) in [7, 11) is 0. The summed E-state index contributed by atoms with van der Waals surface area (Å²) >= 11 is 0. The molecular weight excluding hydrogens is 294 g/mol. The second-order valence-electron chi connectivity index (χ2n) is 6.26. The molecule has 1 saturated heterocycles. The normalized spacial score (nSPS) is 19.5. The fourth-order valence-corrected chi connectivity index (χ4v) is 2.75. The van der Waals surface area contributed by atoms with Gasteiger partial charge in [-0.15, -0.1) is 0 Å². The van der Waals surface area contributed by atoms with Crippen LogP contribution < -0.4 is 5.32 Å². The number of ether oxygens (including phenoxy) is 2. The molecule has 1 aromatic rings. The first-order chi connectivity index (χ1) is 11.1. The number of aromatic nitrogens is 2. The second kappa shape index (κ2) is 9.03. The number of carbonyl (C=O) groups is 1. The van der Waals surface area contributed by atoms with E-state index in [0.29, 0.717) is 13.2 Å². The van der Waals surface area contributed by atoms with E-state index in [-0.39, 0.29) is 12.0 Å². The van der Waals surface area contributed by atoms with Crippen molar-refractivity contribution in [2.24, 2.45) is 0 Å². The maximum atomic E-state index is 12.0. The molecule has 130 valence electrons. The van der Waals surface area contributed by atoms with Gasteiger partial charge in [-0.05, 0) is 52.5 Å². The lowest BCUT2D eigenvalue weighted by Crippen LogP contribution is -2.37. The molecule has 2 atom stereocenters. The third kappa shape index (κ3) is 5.95. The second-order valence-corrected chi connectivity index (χ2v) is 6.26. The standard InChI is InChI=1S/C17H29N3O3/c1-13-11-14(2)20(19-13)9-6-8-18-17(21)15(3)23-12-16-7-4-5-10-22-16/h11,15-16H,4-10,12H2,1-3H3,(H,18,21)/t15-,16-/m1/s1. The third-order valence-electron chi connectivity index (χ3n) is 4.12. The molecule has 0 bridgehead atoms.